The van der Waals surface area contributed by atoms with Gasteiger partial charge in [0.25, 0.3) is 10.2 Å². The van der Waals surface area contributed by atoms with Crippen molar-refractivity contribution < 1.29 is 8.42 Å². The van der Waals surface area contributed by atoms with Crippen LogP contribution >= 0.6 is 27.5 Å². The highest BCUT2D eigenvalue weighted by Gasteiger charge is 2.35. The second kappa shape index (κ2) is 7.44. The number of pyridine rings is 1. The third-order valence-corrected chi connectivity index (χ3v) is 7.45. The Bertz CT molecular complexity index is 921. The van der Waals surface area contributed by atoms with Gasteiger partial charge in [-0.2, -0.15) is 12.7 Å². The van der Waals surface area contributed by atoms with E-state index in [0.717, 1.165) is 40.9 Å². The van der Waals surface area contributed by atoms with Gasteiger partial charge in [0, 0.05) is 34.7 Å². The first kappa shape index (κ1) is 19.3. The highest BCUT2D eigenvalue weighted by Crippen LogP contribution is 2.43. The summed E-state index contributed by atoms with van der Waals surface area (Å²) < 4.78 is 25.7. The number of aromatic nitrogens is 1. The topological polar surface area (TPSA) is 76.3 Å². The molecule has 0 radical (unpaired) electrons. The van der Waals surface area contributed by atoms with Crippen LogP contribution < -0.4 is 5.14 Å². The number of benzene rings is 1. The average molecular weight is 471 g/mol. The number of hydrogen-bond donors (Lipinski definition) is 1. The van der Waals surface area contributed by atoms with E-state index in [1.807, 2.05) is 12.3 Å². The molecule has 8 heteroatoms. The third kappa shape index (κ3) is 3.93. The first-order valence-corrected chi connectivity index (χ1v) is 11.7. The predicted molar refractivity (Wildman–Crippen MR) is 110 cm³/mol. The van der Waals surface area contributed by atoms with Gasteiger partial charge in [-0.1, -0.05) is 17.7 Å². The van der Waals surface area contributed by atoms with Crippen molar-refractivity contribution in [2.45, 2.75) is 31.6 Å². The van der Waals surface area contributed by atoms with Gasteiger partial charge in [0.1, 0.15) is 0 Å². The van der Waals surface area contributed by atoms with E-state index in [2.05, 4.69) is 34.1 Å². The van der Waals surface area contributed by atoms with Crippen LogP contribution in [0.4, 0.5) is 0 Å². The van der Waals surface area contributed by atoms with Crippen LogP contribution in [0.25, 0.3) is 0 Å². The van der Waals surface area contributed by atoms with Gasteiger partial charge in [0.2, 0.25) is 0 Å². The number of halogens is 2. The quantitative estimate of drug-likeness (QED) is 0.728. The Kier molecular flexibility index (Phi) is 5.33. The Morgan fingerprint density at radius 1 is 1.15 bits per heavy atom. The fraction of sp³-hybridized carbons (Fsp3) is 0.421. The first-order valence-electron chi connectivity index (χ1n) is 9.03. The van der Waals surface area contributed by atoms with Crippen LogP contribution in [0.3, 0.4) is 0 Å². The third-order valence-electron chi connectivity index (χ3n) is 5.70. The minimum Gasteiger partial charge on any atom is -0.259 e. The van der Waals surface area contributed by atoms with Crippen LogP contribution in [0.5, 0.6) is 0 Å². The normalized spacial score (nSPS) is 21.4. The molecule has 1 aliphatic heterocycles. The number of hydrogen-bond acceptors (Lipinski definition) is 3. The maximum atomic E-state index is 11.7. The Hall–Kier alpha value is -0.990. The lowest BCUT2D eigenvalue weighted by Crippen LogP contribution is -2.43. The van der Waals surface area contributed by atoms with E-state index in [1.165, 1.54) is 21.0 Å². The summed E-state index contributed by atoms with van der Waals surface area (Å²) in [5.74, 6) is 0.457. The fourth-order valence-electron chi connectivity index (χ4n) is 4.42. The minimum absolute atomic E-state index is 0.144. The van der Waals surface area contributed by atoms with E-state index in [1.54, 1.807) is 0 Å². The summed E-state index contributed by atoms with van der Waals surface area (Å²) in [7, 11) is -3.63. The molecule has 0 saturated carbocycles. The second-order valence-corrected chi connectivity index (χ2v) is 10.2. The average Bonchev–Trinajstić information content (AvgIpc) is 2.77. The maximum Gasteiger partial charge on any atom is 0.276 e. The molecule has 0 amide bonds. The van der Waals surface area contributed by atoms with E-state index < -0.39 is 10.2 Å². The van der Waals surface area contributed by atoms with Crippen molar-refractivity contribution in [3.8, 4) is 0 Å². The van der Waals surface area contributed by atoms with Crippen LogP contribution in [-0.2, 0) is 23.1 Å². The molecule has 4 rings (SSSR count). The molecule has 2 heterocycles. The Balaban J connectivity index is 1.75. The number of piperidine rings is 1. The van der Waals surface area contributed by atoms with E-state index in [4.69, 9.17) is 21.7 Å². The summed E-state index contributed by atoms with van der Waals surface area (Å²) in [5.41, 5.74) is 4.88. The van der Waals surface area contributed by atoms with Gasteiger partial charge in [0.05, 0.1) is 5.69 Å². The SMILES string of the molecule is NS(=O)(=O)N1CCC(C2c3ccc(Cl)cc3CCc3cc(Br)cnc32)CC1. The van der Waals surface area contributed by atoms with E-state index >= 15 is 0 Å². The summed E-state index contributed by atoms with van der Waals surface area (Å²) in [5, 5.41) is 6.06. The molecule has 5 nitrogen and oxygen atoms in total. The second-order valence-electron chi connectivity index (χ2n) is 7.30. The monoisotopic (exact) mass is 469 g/mol. The van der Waals surface area contributed by atoms with Crippen LogP contribution in [-0.4, -0.2) is 30.8 Å². The van der Waals surface area contributed by atoms with Crippen LogP contribution in [0.2, 0.25) is 5.02 Å². The van der Waals surface area contributed by atoms with Crippen molar-refractivity contribution in [3.63, 3.8) is 0 Å². The van der Waals surface area contributed by atoms with Crippen molar-refractivity contribution in [2.75, 3.05) is 13.1 Å². The Morgan fingerprint density at radius 2 is 1.85 bits per heavy atom. The number of aryl methyl sites for hydroxylation is 2. The molecule has 2 N–H and O–H groups in total. The van der Waals surface area contributed by atoms with Gasteiger partial charge in [-0.05, 0) is 82.4 Å². The molecule has 0 bridgehead atoms. The van der Waals surface area contributed by atoms with Crippen molar-refractivity contribution in [1.29, 1.82) is 0 Å². The van der Waals surface area contributed by atoms with E-state index in [9.17, 15) is 8.42 Å². The van der Waals surface area contributed by atoms with Gasteiger partial charge < -0.3 is 0 Å². The van der Waals surface area contributed by atoms with Gasteiger partial charge in [-0.3, -0.25) is 4.98 Å². The van der Waals surface area contributed by atoms with E-state index in [-0.39, 0.29) is 5.92 Å². The van der Waals surface area contributed by atoms with Crippen molar-refractivity contribution >= 4 is 37.7 Å². The van der Waals surface area contributed by atoms with Crippen molar-refractivity contribution in [2.24, 2.45) is 11.1 Å². The van der Waals surface area contributed by atoms with Gasteiger partial charge in [-0.15, -0.1) is 0 Å². The molecule has 27 heavy (non-hydrogen) atoms. The lowest BCUT2D eigenvalue weighted by molar-refractivity contribution is 0.255. The fourth-order valence-corrected chi connectivity index (χ4v) is 5.72. The molecular weight excluding hydrogens is 450 g/mol. The molecular formula is C19H21BrClN3O2S. The zero-order valence-corrected chi connectivity index (χ0v) is 17.9. The maximum absolute atomic E-state index is 11.7. The zero-order valence-electron chi connectivity index (χ0n) is 14.7. The summed E-state index contributed by atoms with van der Waals surface area (Å²) in [6, 6.07) is 8.27. The number of nitrogens with two attached hydrogens (primary N) is 1. The molecule has 0 spiro atoms. The molecule has 1 atom stereocenters. The standard InChI is InChI=1S/C19H21BrClN3O2S/c20-15-9-14-2-1-13-10-16(21)3-4-17(13)18(19(14)23-11-15)12-5-7-24(8-6-12)27(22,25)26/h3-4,9-12,18H,1-2,5-8H2,(H2,22,25,26). The molecule has 2 aromatic rings. The minimum atomic E-state index is -3.63. The molecule has 2 aliphatic rings. The Labute approximate surface area is 173 Å². The molecule has 144 valence electrons. The summed E-state index contributed by atoms with van der Waals surface area (Å²) >= 11 is 9.80. The number of fused-ring (bicyclic) bond motifs is 2. The predicted octanol–water partition coefficient (Wildman–Crippen LogP) is 3.64. The molecule has 1 aliphatic carbocycles. The number of rotatable bonds is 2. The number of nitrogens with zero attached hydrogens (tertiary/aromatic N) is 2. The van der Waals surface area contributed by atoms with Gasteiger partial charge in [-0.25, -0.2) is 5.14 Å². The zero-order chi connectivity index (χ0) is 19.2. The molecule has 1 unspecified atom stereocenters. The smallest absolute Gasteiger partial charge is 0.259 e. The van der Waals surface area contributed by atoms with Crippen LogP contribution in [0.1, 0.15) is 41.1 Å². The van der Waals surface area contributed by atoms with Gasteiger partial charge in [0.15, 0.2) is 0 Å². The molecule has 1 aromatic heterocycles. The van der Waals surface area contributed by atoms with Crippen LogP contribution in [0, 0.1) is 5.92 Å². The summed E-state index contributed by atoms with van der Waals surface area (Å²) in [4.78, 5) is 4.79. The van der Waals surface area contributed by atoms with Crippen molar-refractivity contribution in [1.82, 2.24) is 9.29 Å². The van der Waals surface area contributed by atoms with Crippen molar-refractivity contribution in [3.05, 3.63) is 62.3 Å². The molecule has 1 fully saturated rings. The lowest BCUT2D eigenvalue weighted by atomic mass is 9.77. The molecule has 1 aromatic carbocycles. The summed E-state index contributed by atoms with van der Waals surface area (Å²) in [6.45, 7) is 0.906. The van der Waals surface area contributed by atoms with Crippen LogP contribution in [0.15, 0.2) is 34.9 Å². The van der Waals surface area contributed by atoms with Gasteiger partial charge >= 0.3 is 0 Å². The lowest BCUT2D eigenvalue weighted by Gasteiger charge is -2.35. The summed E-state index contributed by atoms with van der Waals surface area (Å²) in [6.07, 6.45) is 5.22. The largest absolute Gasteiger partial charge is 0.276 e. The highest BCUT2D eigenvalue weighted by molar-refractivity contribution is 9.10. The Morgan fingerprint density at radius 3 is 2.56 bits per heavy atom. The highest BCUT2D eigenvalue weighted by atomic mass is 79.9. The first-order chi connectivity index (χ1) is 12.8. The molecule has 1 saturated heterocycles. The van der Waals surface area contributed by atoms with E-state index in [0.29, 0.717) is 19.0 Å².